The van der Waals surface area contributed by atoms with Gasteiger partial charge in [0.05, 0.1) is 29.9 Å². The number of morpholine rings is 1. The summed E-state index contributed by atoms with van der Waals surface area (Å²) in [4.78, 5) is 40.2. The Balaban J connectivity index is 0.963. The van der Waals surface area contributed by atoms with Crippen molar-refractivity contribution in [3.8, 4) is 0 Å². The highest BCUT2D eigenvalue weighted by molar-refractivity contribution is 7.99. The molecule has 322 valence electrons. The third-order valence-electron chi connectivity index (χ3n) is 10.9. The molecule has 18 heteroatoms. The van der Waals surface area contributed by atoms with Crippen molar-refractivity contribution in [3.05, 3.63) is 143 Å². The zero-order chi connectivity index (χ0) is 43.3. The first kappa shape index (κ1) is 42.9. The van der Waals surface area contributed by atoms with E-state index in [0.29, 0.717) is 73.8 Å². The minimum Gasteiger partial charge on any atom is -0.379 e. The third-order valence-corrected chi connectivity index (χ3v) is 13.5. The van der Waals surface area contributed by atoms with Gasteiger partial charge in [-0.15, -0.1) is 11.8 Å². The predicted octanol–water partition coefficient (Wildman–Crippen LogP) is 6.75. The molecule has 2 aliphatic heterocycles. The molecule has 0 bridgehead atoms. The van der Waals surface area contributed by atoms with E-state index in [9.17, 15) is 31.2 Å². The topological polar surface area (TPSA) is 151 Å². The highest BCUT2D eigenvalue weighted by Gasteiger charge is 2.36. The van der Waals surface area contributed by atoms with Gasteiger partial charge in [0.2, 0.25) is 0 Å². The number of nitrogens with one attached hydrogen (secondary N) is 2. The van der Waals surface area contributed by atoms with Crippen LogP contribution in [0.4, 0.5) is 24.8 Å². The molecule has 1 atom stereocenters. The number of fused-ring (bicyclic) bond motifs is 2. The number of imidazole rings is 1. The van der Waals surface area contributed by atoms with Crippen molar-refractivity contribution in [2.24, 2.45) is 5.92 Å². The van der Waals surface area contributed by atoms with Crippen molar-refractivity contribution in [1.29, 1.82) is 0 Å². The highest BCUT2D eigenvalue weighted by Crippen LogP contribution is 2.36. The van der Waals surface area contributed by atoms with E-state index in [-0.39, 0.29) is 36.0 Å². The summed E-state index contributed by atoms with van der Waals surface area (Å²) in [6.45, 7) is 4.16. The average Bonchev–Trinajstić information content (AvgIpc) is 3.69. The third kappa shape index (κ3) is 10.3. The zero-order valence-electron chi connectivity index (χ0n) is 33.4. The fourth-order valence-electron chi connectivity index (χ4n) is 7.66. The Morgan fingerprint density at radius 1 is 0.887 bits per heavy atom. The summed E-state index contributed by atoms with van der Waals surface area (Å²) in [5.41, 5.74) is 1.37. The molecule has 1 saturated heterocycles. The molecule has 0 radical (unpaired) electrons. The summed E-state index contributed by atoms with van der Waals surface area (Å²) in [5, 5.41) is 7.02. The smallest absolute Gasteiger partial charge is 0.379 e. The van der Waals surface area contributed by atoms with Crippen molar-refractivity contribution >= 4 is 50.9 Å². The first-order chi connectivity index (χ1) is 29.9. The number of ether oxygens (including phenoxy) is 1. The predicted molar refractivity (Wildman–Crippen MR) is 229 cm³/mol. The molecule has 1 fully saturated rings. The monoisotopic (exact) mass is 884 g/mol. The largest absolute Gasteiger partial charge is 0.416 e. The Morgan fingerprint density at radius 3 is 2.48 bits per heavy atom. The van der Waals surface area contributed by atoms with Crippen molar-refractivity contribution < 1.29 is 35.9 Å². The lowest BCUT2D eigenvalue weighted by Crippen LogP contribution is -2.37. The molecular formula is C44H43F3N8O5S2. The number of anilines is 2. The Hall–Kier alpha value is -5.82. The van der Waals surface area contributed by atoms with Gasteiger partial charge in [0.15, 0.2) is 11.5 Å². The van der Waals surface area contributed by atoms with E-state index in [2.05, 4.69) is 25.3 Å². The van der Waals surface area contributed by atoms with Gasteiger partial charge < -0.3 is 15.0 Å². The Labute approximate surface area is 360 Å². The molecule has 3 aromatic carbocycles. The van der Waals surface area contributed by atoms with Gasteiger partial charge in [-0.3, -0.25) is 14.5 Å². The number of carbonyl (C=O) groups is 2. The maximum Gasteiger partial charge on any atom is 0.416 e. The van der Waals surface area contributed by atoms with Crippen molar-refractivity contribution in [3.63, 3.8) is 0 Å². The number of carbonyl (C=O) groups excluding carboxylic acids is 2. The van der Waals surface area contributed by atoms with E-state index in [4.69, 9.17) is 4.74 Å². The summed E-state index contributed by atoms with van der Waals surface area (Å²) < 4.78 is 80.1. The lowest BCUT2D eigenvalue weighted by atomic mass is 9.94. The second-order valence-corrected chi connectivity index (χ2v) is 17.9. The van der Waals surface area contributed by atoms with Crippen LogP contribution in [0.25, 0.3) is 5.65 Å². The van der Waals surface area contributed by atoms with E-state index >= 15 is 0 Å². The minimum absolute atomic E-state index is 0.0194. The number of amides is 2. The fourth-order valence-corrected chi connectivity index (χ4v) is 9.71. The number of hydrogen-bond acceptors (Lipinski definition) is 11. The number of hydrogen-bond donors (Lipinski definition) is 2. The normalized spacial score (nSPS) is 15.2. The van der Waals surface area contributed by atoms with Crippen LogP contribution in [-0.2, 0) is 40.3 Å². The minimum atomic E-state index is -4.86. The molecule has 62 heavy (non-hydrogen) atoms. The van der Waals surface area contributed by atoms with Crippen LogP contribution in [0.5, 0.6) is 0 Å². The van der Waals surface area contributed by atoms with Gasteiger partial charge in [-0.25, -0.2) is 27.6 Å². The van der Waals surface area contributed by atoms with Gasteiger partial charge in [0, 0.05) is 48.6 Å². The fraction of sp³-hybridized carbons (Fsp3) is 0.295. The molecule has 6 aromatic rings. The Morgan fingerprint density at radius 2 is 1.69 bits per heavy atom. The van der Waals surface area contributed by atoms with E-state index < -0.39 is 32.6 Å². The molecule has 2 aliphatic rings. The number of halogens is 3. The molecule has 2 N–H and O–H groups in total. The maximum atomic E-state index is 14.7. The number of thioether (sulfide) groups is 1. The number of sulfonamides is 1. The second kappa shape index (κ2) is 18.7. The molecule has 0 unspecified atom stereocenters. The summed E-state index contributed by atoms with van der Waals surface area (Å²) in [5.74, 6) is -0.383. The highest BCUT2D eigenvalue weighted by atomic mass is 32.2. The molecule has 13 nitrogen and oxygen atoms in total. The molecule has 2 amide bonds. The van der Waals surface area contributed by atoms with Crippen LogP contribution in [0.3, 0.4) is 0 Å². The quantitative estimate of drug-likeness (QED) is 0.112. The van der Waals surface area contributed by atoms with Gasteiger partial charge in [-0.05, 0) is 103 Å². The van der Waals surface area contributed by atoms with Crippen LogP contribution >= 0.6 is 11.8 Å². The van der Waals surface area contributed by atoms with Gasteiger partial charge in [-0.2, -0.15) is 18.3 Å². The molecular weight excluding hydrogens is 842 g/mol. The Kier molecular flexibility index (Phi) is 12.9. The Bertz CT molecular complexity index is 2640. The van der Waals surface area contributed by atoms with Crippen LogP contribution in [0.2, 0.25) is 0 Å². The number of benzene rings is 3. The van der Waals surface area contributed by atoms with Gasteiger partial charge in [-0.1, -0.05) is 42.5 Å². The number of nitrogens with zero attached hydrogens (tertiary/aromatic N) is 6. The van der Waals surface area contributed by atoms with Gasteiger partial charge in [0.1, 0.15) is 11.5 Å². The van der Waals surface area contributed by atoms with Crippen LogP contribution < -0.4 is 14.9 Å². The van der Waals surface area contributed by atoms with Crippen LogP contribution in [0.15, 0.2) is 119 Å². The summed E-state index contributed by atoms with van der Waals surface area (Å²) in [6, 6.07) is 26.0. The van der Waals surface area contributed by atoms with Gasteiger partial charge in [0.25, 0.3) is 21.8 Å². The first-order valence-electron chi connectivity index (χ1n) is 20.1. The second-order valence-electron chi connectivity index (χ2n) is 15.1. The molecule has 3 aromatic heterocycles. The van der Waals surface area contributed by atoms with Crippen LogP contribution in [0.1, 0.15) is 49.5 Å². The number of aromatic nitrogens is 4. The lowest BCUT2D eigenvalue weighted by molar-refractivity contribution is -0.138. The number of alkyl halides is 3. The molecule has 0 spiro atoms. The summed E-state index contributed by atoms with van der Waals surface area (Å²) in [6.07, 6.45) is -0.368. The SMILES string of the molecule is O=C(NS(=O)(=O)c1ccc(C[C@H](CCN2CCOCC2)CSc2ccccc2)c(C(F)(F)F)c1)c1cccc(N2CCc3cccc(C(=O)Nc4cn5ncccc5n4)c3C2)n1. The first-order valence-corrected chi connectivity index (χ1v) is 22.6. The van der Waals surface area contributed by atoms with E-state index in [1.807, 2.05) is 46.0 Å². The zero-order valence-corrected chi connectivity index (χ0v) is 35.1. The number of rotatable bonds is 14. The standard InChI is InChI=1S/C44H43F3N8O5S2/c45-44(46,47)37-26-34(15-14-32(37)25-30(16-19-53-21-23-60-24-22-53)29-61-33-8-2-1-3-9-33)62(58,59)52-43(57)38-11-5-12-40(49-38)54-20-17-31-7-4-10-35(36(31)27-54)42(56)51-39-28-55-41(50-39)13-6-18-48-55/h1-15,18,26,28,30H,16-17,19-25,27,29H2,(H,51,56)(H,52,57)/t30-/m0/s1. The van der Waals surface area contributed by atoms with Crippen molar-refractivity contribution in [2.45, 2.75) is 41.8 Å². The van der Waals surface area contributed by atoms with Crippen LogP contribution in [0, 0.1) is 5.92 Å². The number of pyridine rings is 1. The van der Waals surface area contributed by atoms with E-state index in [0.717, 1.165) is 35.2 Å². The molecule has 8 rings (SSSR count). The summed E-state index contributed by atoms with van der Waals surface area (Å²) in [7, 11) is -4.76. The maximum absolute atomic E-state index is 14.7. The molecule has 5 heterocycles. The average molecular weight is 885 g/mol. The van der Waals surface area contributed by atoms with Crippen molar-refractivity contribution in [1.82, 2.24) is 29.2 Å². The molecule has 0 aliphatic carbocycles. The van der Waals surface area contributed by atoms with Crippen LogP contribution in [-0.4, -0.2) is 89.9 Å². The summed E-state index contributed by atoms with van der Waals surface area (Å²) >= 11 is 1.57. The van der Waals surface area contributed by atoms with E-state index in [1.165, 1.54) is 18.2 Å². The van der Waals surface area contributed by atoms with Crippen molar-refractivity contribution in [2.75, 3.05) is 55.4 Å². The molecule has 0 saturated carbocycles. The lowest BCUT2D eigenvalue weighted by Gasteiger charge is -2.31. The van der Waals surface area contributed by atoms with Gasteiger partial charge >= 0.3 is 6.18 Å². The van der Waals surface area contributed by atoms with E-state index in [1.54, 1.807) is 59.0 Å².